The number of nitrogens with zero attached hydrogens (tertiary/aromatic N) is 5. The van der Waals surface area contributed by atoms with Gasteiger partial charge in [-0.05, 0) is 75.3 Å². The van der Waals surface area contributed by atoms with Gasteiger partial charge in [-0.15, -0.1) is 0 Å². The molecule has 1 unspecified atom stereocenters. The van der Waals surface area contributed by atoms with E-state index < -0.39 is 82.4 Å². The summed E-state index contributed by atoms with van der Waals surface area (Å²) in [5.41, 5.74) is -4.42. The summed E-state index contributed by atoms with van der Waals surface area (Å²) < 4.78 is 61.9. The molecule has 7 amide bonds. The minimum atomic E-state index is -5.22. The summed E-state index contributed by atoms with van der Waals surface area (Å²) in [4.78, 5) is 95.6. The topological polar surface area (TPSA) is 211 Å². The number of carbonyl (C=O) groups excluding carboxylic acids is 7. The number of nitriles is 1. The number of rotatable bonds is 12. The van der Waals surface area contributed by atoms with Crippen LogP contribution in [0.4, 0.5) is 28.9 Å². The molecule has 3 N–H and O–H groups in total. The lowest BCUT2D eigenvalue weighted by Crippen LogP contribution is -2.54. The van der Waals surface area contributed by atoms with Crippen molar-refractivity contribution in [2.45, 2.75) is 57.3 Å². The highest BCUT2D eigenvalue weighted by Gasteiger charge is 2.52. The molecule has 0 aliphatic carbocycles. The van der Waals surface area contributed by atoms with Crippen LogP contribution in [0.15, 0.2) is 48.7 Å². The fourth-order valence-corrected chi connectivity index (χ4v) is 7.29. The molecule has 2 aromatic carbocycles. The van der Waals surface area contributed by atoms with Crippen molar-refractivity contribution in [2.75, 3.05) is 29.5 Å². The third-order valence-corrected chi connectivity index (χ3v) is 10.0. The molecule has 21 heteroatoms. The summed E-state index contributed by atoms with van der Waals surface area (Å²) in [5.74, 6) is -6.46. The average molecular weight is 837 g/mol. The summed E-state index contributed by atoms with van der Waals surface area (Å²) in [6.45, 7) is 2.41. The number of ether oxygens (including phenoxy) is 1. The van der Waals surface area contributed by atoms with E-state index in [9.17, 15) is 46.7 Å². The fraction of sp³-hybridized carbons (Fsp3) is 0.316. The number of anilines is 2. The highest BCUT2D eigenvalue weighted by Crippen LogP contribution is 2.42. The standard InChI is InChI=1S/C38H32F4N8O8S/c1-37(2)35(57)49(23-10-6-19(16-43)30(31(23)39)38(40,41)42)36(59)50(37)21-9-7-20(46-17-21)8-12-26(51)44-14-15-45-28(53)18-58-25-5-3-4-22-29(25)34(56)48(33(22)55)24-11-13-27(52)47-32(24)54/h3-7,9-10,17,24H,8,11-15,18H2,1-2H3,(H,44,51)(H,45,53)(H,47,52,54). The predicted octanol–water partition coefficient (Wildman–Crippen LogP) is 2.67. The third-order valence-electron chi connectivity index (χ3n) is 9.67. The summed E-state index contributed by atoms with van der Waals surface area (Å²) in [7, 11) is 0. The largest absolute Gasteiger partial charge is 0.483 e. The van der Waals surface area contributed by atoms with Crippen LogP contribution in [0.5, 0.6) is 5.75 Å². The molecule has 6 rings (SSSR count). The second-order valence-electron chi connectivity index (χ2n) is 13.9. The average Bonchev–Trinajstić information content (AvgIpc) is 3.54. The molecule has 3 aromatic rings. The van der Waals surface area contributed by atoms with Crippen LogP contribution < -0.4 is 30.5 Å². The van der Waals surface area contributed by atoms with Crippen molar-refractivity contribution >= 4 is 70.1 Å². The number of piperidine rings is 1. The van der Waals surface area contributed by atoms with E-state index >= 15 is 4.39 Å². The minimum Gasteiger partial charge on any atom is -0.483 e. The smallest absolute Gasteiger partial charge is 0.420 e. The van der Waals surface area contributed by atoms with E-state index in [4.69, 9.17) is 22.2 Å². The Morgan fingerprint density at radius 1 is 1.03 bits per heavy atom. The number of halogens is 4. The van der Waals surface area contributed by atoms with Gasteiger partial charge in [0.2, 0.25) is 17.7 Å². The quantitative estimate of drug-likeness (QED) is 0.104. The molecule has 59 heavy (non-hydrogen) atoms. The number of amides is 7. The number of fused-ring (bicyclic) bond motifs is 1. The van der Waals surface area contributed by atoms with Crippen molar-refractivity contribution in [1.29, 1.82) is 5.26 Å². The summed E-state index contributed by atoms with van der Waals surface area (Å²) in [5, 5.41) is 16.1. The van der Waals surface area contributed by atoms with Gasteiger partial charge in [0.05, 0.1) is 40.3 Å². The molecule has 0 spiro atoms. The monoisotopic (exact) mass is 836 g/mol. The third kappa shape index (κ3) is 8.03. The normalized spacial score (nSPS) is 17.5. The molecule has 16 nitrogen and oxygen atoms in total. The summed E-state index contributed by atoms with van der Waals surface area (Å²) >= 11 is 5.45. The first-order chi connectivity index (χ1) is 27.9. The number of nitrogens with one attached hydrogen (secondary N) is 3. The van der Waals surface area contributed by atoms with Crippen LogP contribution in [0, 0.1) is 17.1 Å². The van der Waals surface area contributed by atoms with Gasteiger partial charge in [-0.1, -0.05) is 6.07 Å². The summed E-state index contributed by atoms with van der Waals surface area (Å²) in [6, 6.07) is 9.11. The number of aryl methyl sites for hydroxylation is 1. The van der Waals surface area contributed by atoms with Gasteiger partial charge in [-0.25, -0.2) is 4.39 Å². The maximum Gasteiger partial charge on any atom is 0.420 e. The Bertz CT molecular complexity index is 2370. The van der Waals surface area contributed by atoms with Crippen molar-refractivity contribution in [1.82, 2.24) is 25.8 Å². The van der Waals surface area contributed by atoms with Gasteiger partial charge in [0.15, 0.2) is 17.5 Å². The molecule has 0 bridgehead atoms. The van der Waals surface area contributed by atoms with E-state index in [0.29, 0.717) is 10.6 Å². The molecule has 1 aromatic heterocycles. The van der Waals surface area contributed by atoms with Crippen molar-refractivity contribution in [3.05, 3.63) is 82.4 Å². The molecule has 3 aliphatic heterocycles. The zero-order valence-electron chi connectivity index (χ0n) is 31.1. The second-order valence-corrected chi connectivity index (χ2v) is 14.2. The second kappa shape index (κ2) is 16.2. The first kappa shape index (κ1) is 41.8. The van der Waals surface area contributed by atoms with Gasteiger partial charge in [0.1, 0.15) is 22.9 Å². The Labute approximate surface area is 337 Å². The lowest BCUT2D eigenvalue weighted by molar-refractivity contribution is -0.140. The predicted molar refractivity (Wildman–Crippen MR) is 200 cm³/mol. The highest BCUT2D eigenvalue weighted by atomic mass is 32.1. The van der Waals surface area contributed by atoms with Gasteiger partial charge in [0, 0.05) is 31.6 Å². The SMILES string of the molecule is CC1(C)C(=O)N(c2ccc(C#N)c(C(F)(F)F)c2F)C(=S)N1c1ccc(CCC(=O)NCCNC(=O)COc2cccc3c2C(=O)N(C2CCC(=O)NC2=O)C3=O)nc1. The lowest BCUT2D eigenvalue weighted by atomic mass is 10.0. The van der Waals surface area contributed by atoms with Gasteiger partial charge in [0.25, 0.3) is 23.6 Å². The number of pyridine rings is 1. The van der Waals surface area contributed by atoms with Crippen molar-refractivity contribution in [3.63, 3.8) is 0 Å². The van der Waals surface area contributed by atoms with Gasteiger partial charge < -0.3 is 20.3 Å². The van der Waals surface area contributed by atoms with Crippen LogP contribution in [0.2, 0.25) is 0 Å². The number of benzene rings is 2. The Balaban J connectivity index is 0.971. The van der Waals surface area contributed by atoms with Crippen LogP contribution in [-0.4, -0.2) is 87.6 Å². The van der Waals surface area contributed by atoms with Gasteiger partial charge >= 0.3 is 6.18 Å². The van der Waals surface area contributed by atoms with E-state index in [1.165, 1.54) is 55.3 Å². The Kier molecular flexibility index (Phi) is 11.5. The molecule has 1 atom stereocenters. The zero-order valence-corrected chi connectivity index (χ0v) is 31.9. The number of hydrogen-bond acceptors (Lipinski definition) is 11. The van der Waals surface area contributed by atoms with E-state index in [0.717, 1.165) is 17.0 Å². The van der Waals surface area contributed by atoms with E-state index in [1.54, 1.807) is 6.07 Å². The molecule has 4 heterocycles. The number of thiocarbonyl (C=S) groups is 1. The summed E-state index contributed by atoms with van der Waals surface area (Å²) in [6.07, 6.45) is -3.78. The van der Waals surface area contributed by atoms with Crippen LogP contribution in [0.3, 0.4) is 0 Å². The van der Waals surface area contributed by atoms with Crippen LogP contribution in [-0.2, 0) is 36.6 Å². The van der Waals surface area contributed by atoms with Crippen molar-refractivity contribution < 1.29 is 55.9 Å². The minimum absolute atomic E-state index is 0.00942. The van der Waals surface area contributed by atoms with Crippen LogP contribution in [0.1, 0.15) is 70.6 Å². The molecule has 2 fully saturated rings. The molecule has 0 radical (unpaired) electrons. The molecule has 0 saturated carbocycles. The van der Waals surface area contributed by atoms with Gasteiger partial charge in [-0.3, -0.25) is 53.7 Å². The first-order valence-corrected chi connectivity index (χ1v) is 18.2. The van der Waals surface area contributed by atoms with Crippen molar-refractivity contribution in [2.24, 2.45) is 0 Å². The Morgan fingerprint density at radius 2 is 1.75 bits per heavy atom. The lowest BCUT2D eigenvalue weighted by Gasteiger charge is -2.29. The molecular weight excluding hydrogens is 805 g/mol. The number of imide groups is 2. The zero-order chi connectivity index (χ0) is 43.0. The Morgan fingerprint density at radius 3 is 2.39 bits per heavy atom. The van der Waals surface area contributed by atoms with E-state index in [2.05, 4.69) is 20.9 Å². The number of aromatic nitrogens is 1. The highest BCUT2D eigenvalue weighted by molar-refractivity contribution is 7.81. The molecule has 306 valence electrons. The van der Waals surface area contributed by atoms with Crippen LogP contribution >= 0.6 is 12.2 Å². The Hall–Kier alpha value is -6.82. The van der Waals surface area contributed by atoms with Crippen LogP contribution in [0.25, 0.3) is 0 Å². The number of alkyl halides is 3. The first-order valence-electron chi connectivity index (χ1n) is 17.8. The van der Waals surface area contributed by atoms with Gasteiger partial charge in [-0.2, -0.15) is 18.4 Å². The fourth-order valence-electron chi connectivity index (χ4n) is 6.78. The van der Waals surface area contributed by atoms with E-state index in [1.807, 2.05) is 0 Å². The number of hydrogen-bond donors (Lipinski definition) is 3. The molecular formula is C38H32F4N8O8S. The molecule has 3 aliphatic rings. The van der Waals surface area contributed by atoms with Crippen molar-refractivity contribution in [3.8, 4) is 11.8 Å². The number of carbonyl (C=O) groups is 7. The van der Waals surface area contributed by atoms with E-state index in [-0.39, 0.29) is 72.4 Å². The maximum absolute atomic E-state index is 15.3. The maximum atomic E-state index is 15.3. The molecule has 2 saturated heterocycles.